The van der Waals surface area contributed by atoms with E-state index in [1.165, 1.54) is 24.3 Å². The highest BCUT2D eigenvalue weighted by Gasteiger charge is 2.01. The first-order chi connectivity index (χ1) is 10.7. The normalized spacial score (nSPS) is 9.91. The third-order valence-electron chi connectivity index (χ3n) is 2.82. The van der Waals surface area contributed by atoms with Gasteiger partial charge in [0.15, 0.2) is 0 Å². The van der Waals surface area contributed by atoms with E-state index in [4.69, 9.17) is 9.47 Å². The van der Waals surface area contributed by atoms with E-state index in [1.807, 2.05) is 0 Å². The SMILES string of the molecule is COc1ccc(OCCNC(=O)Nc2ccc(F)cc2)cc1. The lowest BCUT2D eigenvalue weighted by atomic mass is 10.3. The van der Waals surface area contributed by atoms with Crippen molar-refractivity contribution in [2.24, 2.45) is 0 Å². The fourth-order valence-electron chi connectivity index (χ4n) is 1.71. The van der Waals surface area contributed by atoms with Crippen molar-refractivity contribution in [1.29, 1.82) is 0 Å². The van der Waals surface area contributed by atoms with Gasteiger partial charge in [-0.05, 0) is 48.5 Å². The smallest absolute Gasteiger partial charge is 0.319 e. The highest BCUT2D eigenvalue weighted by molar-refractivity contribution is 5.89. The lowest BCUT2D eigenvalue weighted by Gasteiger charge is -2.09. The molecule has 0 saturated carbocycles. The Morgan fingerprint density at radius 2 is 1.68 bits per heavy atom. The minimum atomic E-state index is -0.370. The third kappa shape index (κ3) is 4.97. The molecule has 0 aliphatic carbocycles. The Bertz CT molecular complexity index is 600. The highest BCUT2D eigenvalue weighted by Crippen LogP contribution is 2.16. The summed E-state index contributed by atoms with van der Waals surface area (Å²) >= 11 is 0. The molecule has 0 aliphatic rings. The Hall–Kier alpha value is -2.76. The molecule has 0 unspecified atom stereocenters. The number of ether oxygens (including phenoxy) is 2. The van der Waals surface area contributed by atoms with Gasteiger partial charge in [0.1, 0.15) is 23.9 Å². The first-order valence-electron chi connectivity index (χ1n) is 6.74. The molecule has 0 fully saturated rings. The second-order valence-electron chi connectivity index (χ2n) is 4.41. The first-order valence-corrected chi connectivity index (χ1v) is 6.74. The Kier molecular flexibility index (Phi) is 5.59. The molecule has 0 radical (unpaired) electrons. The van der Waals surface area contributed by atoms with Crippen molar-refractivity contribution in [3.63, 3.8) is 0 Å². The Morgan fingerprint density at radius 1 is 1.05 bits per heavy atom. The van der Waals surface area contributed by atoms with Crippen molar-refractivity contribution in [2.45, 2.75) is 0 Å². The van der Waals surface area contributed by atoms with Gasteiger partial charge in [0.2, 0.25) is 0 Å². The summed E-state index contributed by atoms with van der Waals surface area (Å²) in [5, 5.41) is 5.24. The molecule has 2 N–H and O–H groups in total. The van der Waals surface area contributed by atoms with Crippen LogP contribution in [0.5, 0.6) is 11.5 Å². The maximum absolute atomic E-state index is 12.7. The number of rotatable bonds is 6. The van der Waals surface area contributed by atoms with E-state index in [9.17, 15) is 9.18 Å². The number of halogens is 1. The standard InChI is InChI=1S/C16H17FN2O3/c1-21-14-6-8-15(9-7-14)22-11-10-18-16(20)19-13-4-2-12(17)3-5-13/h2-9H,10-11H2,1H3,(H2,18,19,20). The maximum Gasteiger partial charge on any atom is 0.319 e. The molecule has 116 valence electrons. The minimum Gasteiger partial charge on any atom is -0.497 e. The molecule has 0 aromatic heterocycles. The molecule has 22 heavy (non-hydrogen) atoms. The summed E-state index contributed by atoms with van der Waals surface area (Å²) in [7, 11) is 1.60. The van der Waals surface area contributed by atoms with Crippen LogP contribution in [0.3, 0.4) is 0 Å². The summed E-state index contributed by atoms with van der Waals surface area (Å²) in [6, 6.07) is 12.3. The number of carbonyl (C=O) groups is 1. The number of carbonyl (C=O) groups excluding carboxylic acids is 1. The van der Waals surface area contributed by atoms with E-state index >= 15 is 0 Å². The van der Waals surface area contributed by atoms with E-state index in [0.29, 0.717) is 24.6 Å². The van der Waals surface area contributed by atoms with Crippen LogP contribution in [0.25, 0.3) is 0 Å². The number of urea groups is 1. The van der Waals surface area contributed by atoms with Gasteiger partial charge >= 0.3 is 6.03 Å². The zero-order valence-corrected chi connectivity index (χ0v) is 12.1. The monoisotopic (exact) mass is 304 g/mol. The van der Waals surface area contributed by atoms with Crippen LogP contribution in [0, 0.1) is 5.82 Å². The van der Waals surface area contributed by atoms with E-state index in [0.717, 1.165) is 5.75 Å². The lowest BCUT2D eigenvalue weighted by molar-refractivity contribution is 0.247. The molecule has 0 atom stereocenters. The summed E-state index contributed by atoms with van der Waals surface area (Å²) in [4.78, 5) is 11.6. The zero-order valence-electron chi connectivity index (χ0n) is 12.1. The molecule has 2 aromatic rings. The predicted molar refractivity (Wildman–Crippen MR) is 81.9 cm³/mol. The third-order valence-corrected chi connectivity index (χ3v) is 2.82. The van der Waals surface area contributed by atoms with Gasteiger partial charge in [-0.15, -0.1) is 0 Å². The van der Waals surface area contributed by atoms with E-state index in [1.54, 1.807) is 31.4 Å². The summed E-state index contributed by atoms with van der Waals surface area (Å²) in [6.07, 6.45) is 0. The number of hydrogen-bond donors (Lipinski definition) is 2. The lowest BCUT2D eigenvalue weighted by Crippen LogP contribution is -2.32. The van der Waals surface area contributed by atoms with Crippen LogP contribution in [-0.4, -0.2) is 26.3 Å². The Labute approximate surface area is 128 Å². The summed E-state index contributed by atoms with van der Waals surface area (Å²) in [5.41, 5.74) is 0.523. The molecule has 0 saturated heterocycles. The first kappa shape index (κ1) is 15.6. The second kappa shape index (κ2) is 7.87. The van der Waals surface area contributed by atoms with Crippen LogP contribution in [0.2, 0.25) is 0 Å². The fourth-order valence-corrected chi connectivity index (χ4v) is 1.71. The number of nitrogens with one attached hydrogen (secondary N) is 2. The molecule has 0 aliphatic heterocycles. The average molecular weight is 304 g/mol. The average Bonchev–Trinajstić information content (AvgIpc) is 2.54. The van der Waals surface area contributed by atoms with Crippen LogP contribution in [0.4, 0.5) is 14.9 Å². The van der Waals surface area contributed by atoms with Gasteiger partial charge in [0.25, 0.3) is 0 Å². The number of methoxy groups -OCH3 is 1. The van der Waals surface area contributed by atoms with Crippen LogP contribution in [0.15, 0.2) is 48.5 Å². The predicted octanol–water partition coefficient (Wildman–Crippen LogP) is 3.03. The van der Waals surface area contributed by atoms with Crippen LogP contribution >= 0.6 is 0 Å². The molecule has 5 nitrogen and oxygen atoms in total. The van der Waals surface area contributed by atoms with Crippen molar-refractivity contribution >= 4 is 11.7 Å². The molecular formula is C16H17FN2O3. The van der Waals surface area contributed by atoms with Crippen molar-refractivity contribution < 1.29 is 18.7 Å². The molecule has 0 heterocycles. The van der Waals surface area contributed by atoms with Gasteiger partial charge in [-0.2, -0.15) is 0 Å². The fraction of sp³-hybridized carbons (Fsp3) is 0.188. The largest absolute Gasteiger partial charge is 0.497 e. The van der Waals surface area contributed by atoms with Crippen LogP contribution in [-0.2, 0) is 0 Å². The van der Waals surface area contributed by atoms with E-state index in [-0.39, 0.29) is 11.8 Å². The Morgan fingerprint density at radius 3 is 2.32 bits per heavy atom. The van der Waals surface area contributed by atoms with Crippen molar-refractivity contribution in [3.05, 3.63) is 54.3 Å². The van der Waals surface area contributed by atoms with Crippen LogP contribution < -0.4 is 20.1 Å². The van der Waals surface area contributed by atoms with Crippen LogP contribution in [0.1, 0.15) is 0 Å². The van der Waals surface area contributed by atoms with Gasteiger partial charge < -0.3 is 20.1 Å². The summed E-state index contributed by atoms with van der Waals surface area (Å²) in [6.45, 7) is 0.683. The van der Waals surface area contributed by atoms with Gasteiger partial charge in [0.05, 0.1) is 13.7 Å². The summed E-state index contributed by atoms with van der Waals surface area (Å²) in [5.74, 6) is 1.10. The molecule has 2 rings (SSSR count). The summed E-state index contributed by atoms with van der Waals surface area (Å²) < 4.78 is 23.2. The number of anilines is 1. The van der Waals surface area contributed by atoms with E-state index in [2.05, 4.69) is 10.6 Å². The van der Waals surface area contributed by atoms with Gasteiger partial charge in [-0.3, -0.25) is 0 Å². The molecule has 6 heteroatoms. The highest BCUT2D eigenvalue weighted by atomic mass is 19.1. The number of hydrogen-bond acceptors (Lipinski definition) is 3. The van der Waals surface area contributed by atoms with Gasteiger partial charge in [-0.25, -0.2) is 9.18 Å². The molecular weight excluding hydrogens is 287 g/mol. The maximum atomic E-state index is 12.7. The van der Waals surface area contributed by atoms with Crippen molar-refractivity contribution in [1.82, 2.24) is 5.32 Å². The minimum absolute atomic E-state index is 0.336. The number of amides is 2. The molecule has 0 spiro atoms. The van der Waals surface area contributed by atoms with Crippen molar-refractivity contribution in [3.8, 4) is 11.5 Å². The van der Waals surface area contributed by atoms with Gasteiger partial charge in [-0.1, -0.05) is 0 Å². The van der Waals surface area contributed by atoms with E-state index < -0.39 is 0 Å². The molecule has 0 bridgehead atoms. The van der Waals surface area contributed by atoms with Gasteiger partial charge in [0, 0.05) is 5.69 Å². The second-order valence-corrected chi connectivity index (χ2v) is 4.41. The molecule has 2 amide bonds. The Balaban J connectivity index is 1.67. The molecule has 2 aromatic carbocycles. The van der Waals surface area contributed by atoms with Crippen molar-refractivity contribution in [2.75, 3.05) is 25.6 Å². The zero-order chi connectivity index (χ0) is 15.8. The quantitative estimate of drug-likeness (QED) is 0.806. The number of benzene rings is 2. The topological polar surface area (TPSA) is 59.6 Å².